The first-order valence-corrected chi connectivity index (χ1v) is 38.8. The molecule has 0 bridgehead atoms. The number of likely N-dealkylation sites (N-methyl/N-ethyl adjacent to an activating group) is 3. The molecular weight excluding hydrogens is 1410 g/mol. The fourth-order valence-electron chi connectivity index (χ4n) is 15.5. The third-order valence-electron chi connectivity index (χ3n) is 23.1. The van der Waals surface area contributed by atoms with Gasteiger partial charge >= 0.3 is 0 Å². The van der Waals surface area contributed by atoms with Crippen LogP contribution in [0.1, 0.15) is 69.6 Å². The second kappa shape index (κ2) is 32.4. The fourth-order valence-corrected chi connectivity index (χ4v) is 15.5. The highest BCUT2D eigenvalue weighted by Gasteiger charge is 2.35. The van der Waals surface area contributed by atoms with Crippen LogP contribution in [0.4, 0.5) is 17.5 Å². The Morgan fingerprint density at radius 3 is 0.910 bits per heavy atom. The number of anilines is 3. The van der Waals surface area contributed by atoms with Gasteiger partial charge in [-0.1, -0.05) is 0 Å². The molecule has 15 heterocycles. The number of rotatable bonds is 21. The number of pyridine rings is 3. The van der Waals surface area contributed by atoms with E-state index in [2.05, 4.69) is 163 Å². The van der Waals surface area contributed by atoms with Gasteiger partial charge in [0.1, 0.15) is 51.1 Å². The average molecular weight is 1510 g/mol. The van der Waals surface area contributed by atoms with Crippen LogP contribution in [0.3, 0.4) is 0 Å². The molecule has 33 heteroatoms. The first-order valence-electron chi connectivity index (χ1n) is 38.8. The number of aromatic nitrogens is 15. The lowest BCUT2D eigenvalue weighted by Gasteiger charge is -2.32. The molecule has 33 nitrogen and oxygen atoms in total. The summed E-state index contributed by atoms with van der Waals surface area (Å²) in [6.45, 7) is 18.4. The van der Waals surface area contributed by atoms with Crippen LogP contribution in [0.2, 0.25) is 0 Å². The van der Waals surface area contributed by atoms with Crippen molar-refractivity contribution in [2.75, 3.05) is 156 Å². The van der Waals surface area contributed by atoms with Crippen molar-refractivity contribution in [3.8, 4) is 33.8 Å². The second-order valence-corrected chi connectivity index (χ2v) is 30.2. The molecule has 3 aliphatic heterocycles. The highest BCUT2D eigenvalue weighted by atomic mass is 16.3. The van der Waals surface area contributed by atoms with Crippen molar-refractivity contribution in [2.45, 2.75) is 94.6 Å². The number of aliphatic hydroxyl groups is 3. The number of nitrogens with one attached hydrogen (secondary N) is 6. The first kappa shape index (κ1) is 74.5. The Labute approximate surface area is 641 Å². The lowest BCUT2D eigenvalue weighted by Crippen LogP contribution is -2.50. The minimum absolute atomic E-state index is 0.223. The number of fused-ring (bicyclic) bond motifs is 6. The smallest absolute Gasteiger partial charge is 0.257 e. The lowest BCUT2D eigenvalue weighted by molar-refractivity contribution is 0.0448. The van der Waals surface area contributed by atoms with E-state index in [0.29, 0.717) is 52.9 Å². The zero-order valence-corrected chi connectivity index (χ0v) is 63.8. The van der Waals surface area contributed by atoms with Gasteiger partial charge in [-0.25, -0.2) is 29.9 Å². The highest BCUT2D eigenvalue weighted by Crippen LogP contribution is 2.36. The maximum Gasteiger partial charge on any atom is 0.257 e. The van der Waals surface area contributed by atoms with E-state index in [1.54, 1.807) is 13.5 Å². The molecule has 3 saturated carbocycles. The summed E-state index contributed by atoms with van der Waals surface area (Å²) in [5, 5.41) is 64.3. The van der Waals surface area contributed by atoms with Crippen LogP contribution >= 0.6 is 0 Å². The predicted octanol–water partition coefficient (Wildman–Crippen LogP) is 3.86. The molecule has 0 spiro atoms. The van der Waals surface area contributed by atoms with E-state index in [0.717, 1.165) is 221 Å². The third kappa shape index (κ3) is 15.4. The molecule has 0 unspecified atom stereocenters. The molecule has 582 valence electrons. The summed E-state index contributed by atoms with van der Waals surface area (Å²) in [6.07, 6.45) is 19.4. The van der Waals surface area contributed by atoms with Gasteiger partial charge in [-0.2, -0.15) is 28.8 Å². The number of amides is 3. The van der Waals surface area contributed by atoms with Crippen molar-refractivity contribution in [3.05, 3.63) is 127 Å². The van der Waals surface area contributed by atoms with Gasteiger partial charge in [0.2, 0.25) is 0 Å². The quantitative estimate of drug-likeness (QED) is 0.0493. The topological polar surface area (TPSA) is 348 Å². The number of hydrogen-bond acceptors (Lipinski definition) is 24. The summed E-state index contributed by atoms with van der Waals surface area (Å²) < 4.78 is 11.5. The molecule has 0 radical (unpaired) electrons. The van der Waals surface area contributed by atoms with Gasteiger partial charge in [0.25, 0.3) is 17.7 Å². The maximum atomic E-state index is 13.0. The lowest BCUT2D eigenvalue weighted by atomic mass is 9.89. The molecular formula is C78H99N27O6. The molecule has 12 aromatic heterocycles. The van der Waals surface area contributed by atoms with Crippen LogP contribution in [0, 0.1) is 0 Å². The molecule has 6 atom stereocenters. The minimum Gasteiger partial charge on any atom is -0.391 e. The summed E-state index contributed by atoms with van der Waals surface area (Å²) >= 11 is 0. The monoisotopic (exact) mass is 1510 g/mol. The SMILES string of the molecule is CNc1cc(-c2cn(CCN3CCN(C)CC3)c3ncccc23)nc2c(C(=O)N[C@@H]3CC[C@H]3O)cnn12.CNc1cc(-c2cn(CCN3CCN(C)CC3)c3ncccc23)nc2c(C(=O)N[C@H]3CC[C@@H]3O)cnn12.CNc1cc(-c2cn(CCN3CCN(C)CC3)c3ncccc23)nc2c(C(=O)N[C@H]3CC[C@@H]3O)cnn12. The first-order chi connectivity index (χ1) is 54.0. The molecule has 12 aromatic rings. The number of hydrogen-bond donors (Lipinski definition) is 9. The van der Waals surface area contributed by atoms with Crippen molar-refractivity contribution >= 4 is 85.2 Å². The van der Waals surface area contributed by atoms with Crippen LogP contribution in [0.15, 0.2) is 110 Å². The predicted molar refractivity (Wildman–Crippen MR) is 425 cm³/mol. The number of carbonyl (C=O) groups is 3. The normalized spacial score (nSPS) is 20.8. The van der Waals surface area contributed by atoms with E-state index < -0.39 is 18.3 Å². The Hall–Kier alpha value is -10.6. The second-order valence-electron chi connectivity index (χ2n) is 30.2. The van der Waals surface area contributed by atoms with Gasteiger partial charge in [-0.15, -0.1) is 0 Å². The Balaban J connectivity index is 0.000000126. The highest BCUT2D eigenvalue weighted by molar-refractivity contribution is 6.03. The molecule has 111 heavy (non-hydrogen) atoms. The maximum absolute atomic E-state index is 13.0. The van der Waals surface area contributed by atoms with Gasteiger partial charge in [-0.3, -0.25) is 29.1 Å². The van der Waals surface area contributed by atoms with Crippen LogP contribution in [-0.4, -0.2) is 312 Å². The van der Waals surface area contributed by atoms with Crippen molar-refractivity contribution in [3.63, 3.8) is 0 Å². The molecule has 3 amide bonds. The summed E-state index contributed by atoms with van der Waals surface area (Å²) in [7, 11) is 12.0. The van der Waals surface area contributed by atoms with Gasteiger partial charge in [0, 0.05) is 227 Å². The van der Waals surface area contributed by atoms with E-state index in [4.69, 9.17) is 15.0 Å². The average Bonchev–Trinajstić information content (AvgIpc) is 1.62. The molecule has 6 fully saturated rings. The Morgan fingerprint density at radius 1 is 0.387 bits per heavy atom. The van der Waals surface area contributed by atoms with E-state index in [9.17, 15) is 29.7 Å². The van der Waals surface area contributed by atoms with Gasteiger partial charge in [0.05, 0.1) is 72.1 Å². The van der Waals surface area contributed by atoms with Crippen LogP contribution in [0.5, 0.6) is 0 Å². The zero-order valence-electron chi connectivity index (χ0n) is 63.8. The summed E-state index contributed by atoms with van der Waals surface area (Å²) in [6, 6.07) is 17.2. The molecule has 18 rings (SSSR count). The van der Waals surface area contributed by atoms with E-state index in [-0.39, 0.29) is 35.8 Å². The van der Waals surface area contributed by atoms with E-state index >= 15 is 0 Å². The van der Waals surface area contributed by atoms with Crippen LogP contribution < -0.4 is 31.9 Å². The minimum atomic E-state index is -0.494. The van der Waals surface area contributed by atoms with Gasteiger partial charge in [0.15, 0.2) is 16.9 Å². The van der Waals surface area contributed by atoms with Crippen LogP contribution in [-0.2, 0) is 19.6 Å². The number of carbonyl (C=O) groups excluding carboxylic acids is 3. The largest absolute Gasteiger partial charge is 0.391 e. The van der Waals surface area contributed by atoms with Crippen molar-refractivity contribution < 1.29 is 29.7 Å². The fraction of sp³-hybridized carbons (Fsp3) is 0.462. The molecule has 3 saturated heterocycles. The number of aliphatic hydroxyl groups excluding tert-OH is 3. The van der Waals surface area contributed by atoms with E-state index in [1.165, 1.54) is 18.6 Å². The van der Waals surface area contributed by atoms with Crippen molar-refractivity contribution in [1.29, 1.82) is 0 Å². The Morgan fingerprint density at radius 2 is 0.667 bits per heavy atom. The van der Waals surface area contributed by atoms with Crippen molar-refractivity contribution in [2.24, 2.45) is 0 Å². The number of piperazine rings is 3. The van der Waals surface area contributed by atoms with Crippen LogP contribution in [0.25, 0.3) is 83.8 Å². The number of nitrogens with zero attached hydrogens (tertiary/aromatic N) is 21. The summed E-state index contributed by atoms with van der Waals surface area (Å²) in [5.41, 5.74) is 10.4. The molecule has 6 aliphatic rings. The molecule has 3 aliphatic carbocycles. The third-order valence-corrected chi connectivity index (χ3v) is 23.1. The van der Waals surface area contributed by atoms with E-state index in [1.807, 2.05) is 76.1 Å². The summed E-state index contributed by atoms with van der Waals surface area (Å²) in [4.78, 5) is 82.4. The van der Waals surface area contributed by atoms with Crippen molar-refractivity contribution in [1.82, 2.24) is 118 Å². The standard InChI is InChI=1S/3C26H33N9O2/c3*1-27-23-14-21(30-25-18(15-29-35(23)25)26(37)31-20-5-6-22(20)36)19-16-34(24-17(19)4-3-7-28-24)13-12-33-10-8-32(2)9-11-33/h3*3-4,7,14-16,20,22,27,36H,5-6,8-13H2,1-2H3,(H,31,37)/t3*20-,22-/m100/s1. The molecule has 9 N–H and O–H groups in total. The van der Waals surface area contributed by atoms with Gasteiger partial charge < -0.3 is 75.6 Å². The van der Waals surface area contributed by atoms with Gasteiger partial charge in [-0.05, 0) is 96.1 Å². The molecule has 0 aromatic carbocycles. The zero-order chi connectivity index (χ0) is 76.6. The Bertz CT molecular complexity index is 4830. The summed E-state index contributed by atoms with van der Waals surface area (Å²) in [5.74, 6) is 1.35. The Kier molecular flexibility index (Phi) is 21.7.